The Labute approximate surface area is 236 Å². The van der Waals surface area contributed by atoms with Crippen LogP contribution in [0, 0.1) is 17.0 Å². The van der Waals surface area contributed by atoms with Crippen LogP contribution in [0.3, 0.4) is 0 Å². The van der Waals surface area contributed by atoms with Gasteiger partial charge in [-0.25, -0.2) is 8.42 Å². The van der Waals surface area contributed by atoms with E-state index in [0.29, 0.717) is 5.56 Å². The fourth-order valence-corrected chi connectivity index (χ4v) is 5.47. The van der Waals surface area contributed by atoms with Crippen LogP contribution >= 0.6 is 15.9 Å². The molecule has 206 valence electrons. The van der Waals surface area contributed by atoms with Crippen molar-refractivity contribution in [2.45, 2.75) is 25.9 Å². The largest absolute Gasteiger partial charge is 0.357 e. The number of benzene rings is 3. The van der Waals surface area contributed by atoms with E-state index in [1.807, 2.05) is 42.5 Å². The Hall–Kier alpha value is -3.77. The number of carbonyl (C=O) groups excluding carboxylic acids is 2. The maximum absolute atomic E-state index is 13.9. The second-order valence-electron chi connectivity index (χ2n) is 8.97. The van der Waals surface area contributed by atoms with E-state index in [0.717, 1.165) is 32.2 Å². The van der Waals surface area contributed by atoms with Crippen LogP contribution in [-0.4, -0.2) is 55.9 Å². The zero-order valence-corrected chi connectivity index (χ0v) is 24.1. The lowest BCUT2D eigenvalue weighted by Gasteiger charge is -2.33. The van der Waals surface area contributed by atoms with Gasteiger partial charge in [-0.15, -0.1) is 0 Å². The number of anilines is 1. The molecule has 0 spiro atoms. The van der Waals surface area contributed by atoms with E-state index in [-0.39, 0.29) is 24.3 Å². The smallest absolute Gasteiger partial charge is 0.271 e. The van der Waals surface area contributed by atoms with Gasteiger partial charge in [0.25, 0.3) is 5.69 Å². The molecule has 0 aliphatic heterocycles. The van der Waals surface area contributed by atoms with Crippen LogP contribution in [0.15, 0.2) is 77.3 Å². The number of sulfonamides is 1. The molecule has 3 rings (SSSR count). The third-order valence-electron chi connectivity index (χ3n) is 6.11. The normalized spacial score (nSPS) is 11.9. The molecule has 39 heavy (non-hydrogen) atoms. The molecule has 3 aromatic carbocycles. The number of nitro groups is 1. The van der Waals surface area contributed by atoms with E-state index in [4.69, 9.17) is 0 Å². The minimum Gasteiger partial charge on any atom is -0.357 e. The third kappa shape index (κ3) is 7.87. The monoisotopic (exact) mass is 616 g/mol. The molecule has 1 atom stereocenters. The minimum absolute atomic E-state index is 0.0157. The first-order valence-corrected chi connectivity index (χ1v) is 14.6. The Morgan fingerprint density at radius 2 is 1.69 bits per heavy atom. The van der Waals surface area contributed by atoms with Crippen molar-refractivity contribution < 1.29 is 22.9 Å². The van der Waals surface area contributed by atoms with E-state index < -0.39 is 39.3 Å². The second kappa shape index (κ2) is 12.9. The fourth-order valence-electron chi connectivity index (χ4n) is 4.13. The van der Waals surface area contributed by atoms with Crippen molar-refractivity contribution in [2.75, 3.05) is 24.2 Å². The number of carbonyl (C=O) groups is 2. The lowest BCUT2D eigenvalue weighted by Crippen LogP contribution is -2.53. The van der Waals surface area contributed by atoms with Crippen LogP contribution in [0.5, 0.6) is 0 Å². The standard InChI is InChI=1S/C27H29BrN4O6S/c1-19-12-13-23(32(35)36)16-24(19)31(39(3,37)38)18-26(33)30(17-21-10-7-11-22(28)14-21)25(27(34)29-2)15-20-8-5-4-6-9-20/h4-14,16,25H,15,17-18H2,1-3H3,(H,29,34)/t25-/m1/s1. The summed E-state index contributed by atoms with van der Waals surface area (Å²) in [5.74, 6) is -1.06. The third-order valence-corrected chi connectivity index (χ3v) is 7.73. The highest BCUT2D eigenvalue weighted by Gasteiger charge is 2.33. The molecular weight excluding hydrogens is 588 g/mol. The molecule has 0 unspecified atom stereocenters. The molecule has 0 aromatic heterocycles. The zero-order chi connectivity index (χ0) is 28.7. The highest BCUT2D eigenvalue weighted by atomic mass is 79.9. The summed E-state index contributed by atoms with van der Waals surface area (Å²) >= 11 is 3.42. The van der Waals surface area contributed by atoms with Gasteiger partial charge in [0.2, 0.25) is 21.8 Å². The van der Waals surface area contributed by atoms with Gasteiger partial charge < -0.3 is 10.2 Å². The van der Waals surface area contributed by atoms with Gasteiger partial charge in [-0.05, 0) is 35.7 Å². The van der Waals surface area contributed by atoms with Gasteiger partial charge in [-0.1, -0.05) is 64.5 Å². The fraction of sp³-hybridized carbons (Fsp3) is 0.259. The molecule has 12 heteroatoms. The van der Waals surface area contributed by atoms with E-state index >= 15 is 0 Å². The number of hydrogen-bond acceptors (Lipinski definition) is 6. The van der Waals surface area contributed by atoms with Gasteiger partial charge in [0.15, 0.2) is 0 Å². The van der Waals surface area contributed by atoms with Crippen LogP contribution in [0.25, 0.3) is 0 Å². The molecule has 0 heterocycles. The maximum Gasteiger partial charge on any atom is 0.271 e. The zero-order valence-electron chi connectivity index (χ0n) is 21.7. The van der Waals surface area contributed by atoms with Crippen LogP contribution in [-0.2, 0) is 32.6 Å². The van der Waals surface area contributed by atoms with E-state index in [1.165, 1.54) is 24.1 Å². The van der Waals surface area contributed by atoms with Crippen molar-refractivity contribution in [1.82, 2.24) is 10.2 Å². The summed E-state index contributed by atoms with van der Waals surface area (Å²) in [6.45, 7) is 0.968. The van der Waals surface area contributed by atoms with E-state index in [2.05, 4.69) is 21.2 Å². The molecular formula is C27H29BrN4O6S. The van der Waals surface area contributed by atoms with Gasteiger partial charge >= 0.3 is 0 Å². The van der Waals surface area contributed by atoms with Gasteiger partial charge in [-0.2, -0.15) is 0 Å². The average Bonchev–Trinajstić information content (AvgIpc) is 2.89. The first kappa shape index (κ1) is 29.8. The number of likely N-dealkylation sites (N-methyl/N-ethyl adjacent to an activating group) is 1. The Kier molecular flexibility index (Phi) is 9.81. The molecule has 10 nitrogen and oxygen atoms in total. The number of rotatable bonds is 11. The van der Waals surface area contributed by atoms with Gasteiger partial charge in [0.05, 0.1) is 16.9 Å². The summed E-state index contributed by atoms with van der Waals surface area (Å²) in [7, 11) is -2.58. The second-order valence-corrected chi connectivity index (χ2v) is 11.8. The molecule has 0 radical (unpaired) electrons. The summed E-state index contributed by atoms with van der Waals surface area (Å²) in [4.78, 5) is 39.2. The number of nitrogens with zero attached hydrogens (tertiary/aromatic N) is 3. The molecule has 0 saturated carbocycles. The van der Waals surface area contributed by atoms with Crippen molar-refractivity contribution in [1.29, 1.82) is 0 Å². The Morgan fingerprint density at radius 3 is 2.28 bits per heavy atom. The number of nitrogens with one attached hydrogen (secondary N) is 1. The van der Waals surface area contributed by atoms with Crippen LogP contribution in [0.1, 0.15) is 16.7 Å². The van der Waals surface area contributed by atoms with Crippen LogP contribution in [0.2, 0.25) is 0 Å². The quantitative estimate of drug-likeness (QED) is 0.257. The first-order valence-electron chi connectivity index (χ1n) is 11.9. The lowest BCUT2D eigenvalue weighted by molar-refractivity contribution is -0.384. The SMILES string of the molecule is CNC(=O)[C@@H](Cc1ccccc1)N(Cc1cccc(Br)c1)C(=O)CN(c1cc([N+](=O)[O-])ccc1C)S(C)(=O)=O. The first-order chi connectivity index (χ1) is 18.4. The van der Waals surface area contributed by atoms with Crippen molar-refractivity contribution in [3.8, 4) is 0 Å². The Balaban J connectivity index is 2.08. The number of hydrogen-bond donors (Lipinski definition) is 1. The van der Waals surface area contributed by atoms with Crippen LogP contribution in [0.4, 0.5) is 11.4 Å². The maximum atomic E-state index is 13.9. The lowest BCUT2D eigenvalue weighted by atomic mass is 10.0. The van der Waals surface area contributed by atoms with E-state index in [1.54, 1.807) is 19.1 Å². The highest BCUT2D eigenvalue weighted by molar-refractivity contribution is 9.10. The molecule has 0 saturated heterocycles. The van der Waals surface area contributed by atoms with Crippen LogP contribution < -0.4 is 9.62 Å². The predicted octanol–water partition coefficient (Wildman–Crippen LogP) is 3.82. The molecule has 0 fully saturated rings. The number of halogens is 1. The van der Waals surface area contributed by atoms with Crippen molar-refractivity contribution >= 4 is 49.1 Å². The summed E-state index contributed by atoms with van der Waals surface area (Å²) in [5.41, 5.74) is 1.67. The highest BCUT2D eigenvalue weighted by Crippen LogP contribution is 2.28. The topological polar surface area (TPSA) is 130 Å². The molecule has 2 amide bonds. The molecule has 1 N–H and O–H groups in total. The van der Waals surface area contributed by atoms with E-state index in [9.17, 15) is 28.1 Å². The average molecular weight is 618 g/mol. The van der Waals surface area contributed by atoms with Crippen molar-refractivity contribution in [3.05, 3.63) is 104 Å². The Morgan fingerprint density at radius 1 is 1.03 bits per heavy atom. The van der Waals surface area contributed by atoms with Crippen molar-refractivity contribution in [2.24, 2.45) is 0 Å². The number of non-ortho nitro benzene ring substituents is 1. The van der Waals surface area contributed by atoms with Gasteiger partial charge in [0.1, 0.15) is 12.6 Å². The molecule has 0 aliphatic rings. The number of amides is 2. The summed E-state index contributed by atoms with van der Waals surface area (Å²) in [6, 6.07) is 19.3. The number of aryl methyl sites for hydroxylation is 1. The predicted molar refractivity (Wildman–Crippen MR) is 153 cm³/mol. The summed E-state index contributed by atoms with van der Waals surface area (Å²) in [6.07, 6.45) is 1.12. The molecule has 0 bridgehead atoms. The minimum atomic E-state index is -4.05. The molecule has 0 aliphatic carbocycles. The van der Waals surface area contributed by atoms with Gasteiger partial charge in [0, 0.05) is 36.6 Å². The molecule has 3 aromatic rings. The van der Waals surface area contributed by atoms with Crippen molar-refractivity contribution in [3.63, 3.8) is 0 Å². The number of nitro benzene ring substituents is 1. The van der Waals surface area contributed by atoms with Gasteiger partial charge in [-0.3, -0.25) is 24.0 Å². The Bertz CT molecular complexity index is 1470. The summed E-state index contributed by atoms with van der Waals surface area (Å²) < 4.78 is 27.4. The summed E-state index contributed by atoms with van der Waals surface area (Å²) in [5, 5.41) is 14.0.